The van der Waals surface area contributed by atoms with E-state index in [-0.39, 0.29) is 0 Å². The summed E-state index contributed by atoms with van der Waals surface area (Å²) < 4.78 is 0.779. The molecule has 0 unspecified atom stereocenters. The number of hydrogen-bond donors (Lipinski definition) is 0. The average Bonchev–Trinajstić information content (AvgIpc) is 2.16. The Morgan fingerprint density at radius 2 is 1.64 bits per heavy atom. The third-order valence-corrected chi connectivity index (χ3v) is 2.47. The minimum atomic E-state index is 0.779. The molecule has 0 bridgehead atoms. The molecule has 0 atom stereocenters. The van der Waals surface area contributed by atoms with Gasteiger partial charge < -0.3 is 4.90 Å². The normalized spacial score (nSPS) is 10.5. The quantitative estimate of drug-likeness (QED) is 0.780. The van der Waals surface area contributed by atoms with Gasteiger partial charge >= 0.3 is 0 Å². The van der Waals surface area contributed by atoms with Gasteiger partial charge in [0, 0.05) is 14.1 Å². The number of anilines is 1. The number of halogens is 1. The van der Waals surface area contributed by atoms with Crippen LogP contribution >= 0.6 is 15.9 Å². The summed E-state index contributed by atoms with van der Waals surface area (Å²) in [6.45, 7) is 0. The molecule has 0 aliphatic heterocycles. The van der Waals surface area contributed by atoms with Crippen molar-refractivity contribution >= 4 is 32.8 Å². The van der Waals surface area contributed by atoms with Gasteiger partial charge in [0.05, 0.1) is 11.0 Å². The van der Waals surface area contributed by atoms with E-state index in [2.05, 4.69) is 25.9 Å². The van der Waals surface area contributed by atoms with Gasteiger partial charge in [-0.3, -0.25) is 0 Å². The van der Waals surface area contributed by atoms with Crippen molar-refractivity contribution < 1.29 is 0 Å². The van der Waals surface area contributed by atoms with Crippen LogP contribution in [0.2, 0.25) is 0 Å². The molecule has 0 spiro atoms. The minimum absolute atomic E-state index is 0.779. The van der Waals surface area contributed by atoms with Crippen LogP contribution in [0.3, 0.4) is 0 Å². The number of nitrogens with zero attached hydrogens (tertiary/aromatic N) is 3. The van der Waals surface area contributed by atoms with Crippen molar-refractivity contribution in [3.63, 3.8) is 0 Å². The molecule has 2 aromatic rings. The van der Waals surface area contributed by atoms with Crippen LogP contribution in [0.15, 0.2) is 28.9 Å². The molecule has 14 heavy (non-hydrogen) atoms. The van der Waals surface area contributed by atoms with Crippen LogP contribution in [0.5, 0.6) is 0 Å². The highest BCUT2D eigenvalue weighted by Gasteiger charge is 2.06. The summed E-state index contributed by atoms with van der Waals surface area (Å²) in [5.74, 6) is 0.851. The zero-order valence-corrected chi connectivity index (χ0v) is 9.62. The maximum absolute atomic E-state index is 4.49. The molecule has 0 N–H and O–H groups in total. The predicted octanol–water partition coefficient (Wildman–Crippen LogP) is 2.46. The Kier molecular flexibility index (Phi) is 2.37. The highest BCUT2D eigenvalue weighted by molar-refractivity contribution is 9.10. The van der Waals surface area contributed by atoms with Crippen molar-refractivity contribution in [3.8, 4) is 0 Å². The molecule has 4 heteroatoms. The standard InChI is InChI=1S/C10H10BrN3/c1-14(2)10-9(11)12-7-5-3-4-6-8(7)13-10/h3-6H,1-2H3. The van der Waals surface area contributed by atoms with E-state index in [1.807, 2.05) is 43.3 Å². The summed E-state index contributed by atoms with van der Waals surface area (Å²) in [7, 11) is 3.90. The second kappa shape index (κ2) is 3.53. The Hall–Kier alpha value is -1.16. The summed E-state index contributed by atoms with van der Waals surface area (Å²) in [5.41, 5.74) is 1.82. The topological polar surface area (TPSA) is 29.0 Å². The van der Waals surface area contributed by atoms with Gasteiger partial charge in [-0.2, -0.15) is 0 Å². The molecule has 0 radical (unpaired) electrons. The molecule has 0 amide bonds. The fraction of sp³-hybridized carbons (Fsp3) is 0.200. The molecule has 3 nitrogen and oxygen atoms in total. The van der Waals surface area contributed by atoms with Gasteiger partial charge in [0.25, 0.3) is 0 Å². The van der Waals surface area contributed by atoms with Gasteiger partial charge in [-0.15, -0.1) is 0 Å². The lowest BCUT2D eigenvalue weighted by Gasteiger charge is -2.12. The summed E-state index contributed by atoms with van der Waals surface area (Å²) in [6.07, 6.45) is 0. The lowest BCUT2D eigenvalue weighted by Crippen LogP contribution is -2.12. The largest absolute Gasteiger partial charge is 0.360 e. The Morgan fingerprint density at radius 3 is 2.21 bits per heavy atom. The third kappa shape index (κ3) is 1.57. The van der Waals surface area contributed by atoms with Crippen molar-refractivity contribution in [2.24, 2.45) is 0 Å². The van der Waals surface area contributed by atoms with Crippen LogP contribution in [-0.2, 0) is 0 Å². The number of benzene rings is 1. The van der Waals surface area contributed by atoms with E-state index < -0.39 is 0 Å². The zero-order chi connectivity index (χ0) is 10.1. The Bertz CT molecular complexity index is 468. The molecule has 0 fully saturated rings. The van der Waals surface area contributed by atoms with Crippen LogP contribution in [0.1, 0.15) is 0 Å². The molecule has 0 saturated heterocycles. The van der Waals surface area contributed by atoms with Crippen LogP contribution in [0.4, 0.5) is 5.82 Å². The Balaban J connectivity index is 2.71. The van der Waals surface area contributed by atoms with Crippen molar-refractivity contribution in [1.29, 1.82) is 0 Å². The average molecular weight is 252 g/mol. The van der Waals surface area contributed by atoms with E-state index in [0.717, 1.165) is 21.5 Å². The summed E-state index contributed by atoms with van der Waals surface area (Å²) in [6, 6.07) is 7.83. The van der Waals surface area contributed by atoms with Crippen LogP contribution < -0.4 is 4.90 Å². The predicted molar refractivity (Wildman–Crippen MR) is 61.6 cm³/mol. The first-order chi connectivity index (χ1) is 6.68. The van der Waals surface area contributed by atoms with E-state index in [4.69, 9.17) is 0 Å². The second-order valence-corrected chi connectivity index (χ2v) is 3.97. The molecule has 1 aromatic carbocycles. The van der Waals surface area contributed by atoms with Crippen molar-refractivity contribution in [3.05, 3.63) is 28.9 Å². The Morgan fingerprint density at radius 1 is 1.07 bits per heavy atom. The van der Waals surface area contributed by atoms with Gasteiger partial charge in [0.15, 0.2) is 5.82 Å². The second-order valence-electron chi connectivity index (χ2n) is 3.22. The first-order valence-corrected chi connectivity index (χ1v) is 5.07. The highest BCUT2D eigenvalue weighted by Crippen LogP contribution is 2.22. The first-order valence-electron chi connectivity index (χ1n) is 4.28. The first kappa shape index (κ1) is 9.40. The van der Waals surface area contributed by atoms with Gasteiger partial charge in [0.2, 0.25) is 0 Å². The molecular weight excluding hydrogens is 242 g/mol. The maximum atomic E-state index is 4.49. The van der Waals surface area contributed by atoms with Crippen molar-refractivity contribution in [1.82, 2.24) is 9.97 Å². The SMILES string of the molecule is CN(C)c1nc2ccccc2nc1Br. The van der Waals surface area contributed by atoms with Crippen molar-refractivity contribution in [2.75, 3.05) is 19.0 Å². The van der Waals surface area contributed by atoms with E-state index in [1.165, 1.54) is 0 Å². The van der Waals surface area contributed by atoms with Crippen molar-refractivity contribution in [2.45, 2.75) is 0 Å². The zero-order valence-electron chi connectivity index (χ0n) is 8.03. The molecule has 2 rings (SSSR count). The lowest BCUT2D eigenvalue weighted by molar-refractivity contribution is 1.05. The number of fused-ring (bicyclic) bond motifs is 1. The molecule has 72 valence electrons. The van der Waals surface area contributed by atoms with Crippen LogP contribution in [0, 0.1) is 0 Å². The molecule has 0 saturated carbocycles. The fourth-order valence-corrected chi connectivity index (χ4v) is 1.89. The smallest absolute Gasteiger partial charge is 0.162 e. The van der Waals surface area contributed by atoms with E-state index in [1.54, 1.807) is 0 Å². The van der Waals surface area contributed by atoms with Crippen LogP contribution in [-0.4, -0.2) is 24.1 Å². The molecule has 1 aromatic heterocycles. The van der Waals surface area contributed by atoms with E-state index >= 15 is 0 Å². The molecule has 1 heterocycles. The Labute approximate surface area is 90.9 Å². The minimum Gasteiger partial charge on any atom is -0.360 e. The van der Waals surface area contributed by atoms with Gasteiger partial charge in [-0.25, -0.2) is 9.97 Å². The van der Waals surface area contributed by atoms with E-state index in [9.17, 15) is 0 Å². The number of aromatic nitrogens is 2. The fourth-order valence-electron chi connectivity index (χ4n) is 1.25. The molecule has 0 aliphatic rings. The maximum Gasteiger partial charge on any atom is 0.162 e. The monoisotopic (exact) mass is 251 g/mol. The number of hydrogen-bond acceptors (Lipinski definition) is 3. The van der Waals surface area contributed by atoms with Gasteiger partial charge in [-0.1, -0.05) is 12.1 Å². The van der Waals surface area contributed by atoms with Crippen LogP contribution in [0.25, 0.3) is 11.0 Å². The summed E-state index contributed by atoms with van der Waals surface area (Å²) in [4.78, 5) is 10.8. The molecule has 0 aliphatic carbocycles. The van der Waals surface area contributed by atoms with E-state index in [0.29, 0.717) is 0 Å². The highest BCUT2D eigenvalue weighted by atomic mass is 79.9. The third-order valence-electron chi connectivity index (χ3n) is 1.93. The number of rotatable bonds is 1. The lowest BCUT2D eigenvalue weighted by atomic mass is 10.3. The van der Waals surface area contributed by atoms with Gasteiger partial charge in [0.1, 0.15) is 4.60 Å². The number of para-hydroxylation sites is 2. The molecular formula is C10H10BrN3. The van der Waals surface area contributed by atoms with Gasteiger partial charge in [-0.05, 0) is 28.1 Å². The summed E-state index contributed by atoms with van der Waals surface area (Å²) >= 11 is 3.40. The summed E-state index contributed by atoms with van der Waals surface area (Å²) in [5, 5.41) is 0.